The molecule has 0 bridgehead atoms. The van der Waals surface area contributed by atoms with Crippen molar-refractivity contribution in [3.63, 3.8) is 0 Å². The molecular weight excluding hydrogens is 460 g/mol. The summed E-state index contributed by atoms with van der Waals surface area (Å²) in [5, 5.41) is 0. The van der Waals surface area contributed by atoms with E-state index in [0.717, 1.165) is 44.1 Å². The van der Waals surface area contributed by atoms with Gasteiger partial charge in [0, 0.05) is 31.6 Å². The van der Waals surface area contributed by atoms with Gasteiger partial charge in [-0.1, -0.05) is 26.3 Å². The molecule has 4 rings (SSSR count). The lowest BCUT2D eigenvalue weighted by atomic mass is 9.47. The maximum atomic E-state index is 14.0. The lowest BCUT2D eigenvalue weighted by Gasteiger charge is -2.58. The topological polar surface area (TPSA) is 96.0 Å². The molecule has 7 nitrogen and oxygen atoms in total. The van der Waals surface area contributed by atoms with Gasteiger partial charge in [0.1, 0.15) is 12.2 Å². The van der Waals surface area contributed by atoms with E-state index in [1.165, 1.54) is 21.0 Å². The van der Waals surface area contributed by atoms with Crippen molar-refractivity contribution < 1.29 is 33.4 Å². The molecule has 36 heavy (non-hydrogen) atoms. The minimum Gasteiger partial charge on any atom is -0.469 e. The number of ketones is 1. The molecule has 0 radical (unpaired) electrons. The molecule has 7 heteroatoms. The van der Waals surface area contributed by atoms with E-state index in [2.05, 4.69) is 20.8 Å². The monoisotopic (exact) mass is 502 g/mol. The Kier molecular flexibility index (Phi) is 7.42. The molecule has 0 saturated heterocycles. The normalized spacial score (nSPS) is 40.2. The third-order valence-corrected chi connectivity index (χ3v) is 10.3. The number of allylic oxidation sites excluding steroid dienone is 1. The quantitative estimate of drug-likeness (QED) is 0.380. The maximum absolute atomic E-state index is 14.0. The zero-order chi connectivity index (χ0) is 26.4. The molecule has 9 atom stereocenters. The van der Waals surface area contributed by atoms with Crippen LogP contribution in [0.2, 0.25) is 0 Å². The van der Waals surface area contributed by atoms with Gasteiger partial charge in [-0.05, 0) is 80.1 Å². The van der Waals surface area contributed by atoms with Crippen molar-refractivity contribution in [3.05, 3.63) is 11.6 Å². The fourth-order valence-corrected chi connectivity index (χ4v) is 8.49. The number of rotatable bonds is 6. The fourth-order valence-electron chi connectivity index (χ4n) is 8.49. The van der Waals surface area contributed by atoms with Gasteiger partial charge in [-0.3, -0.25) is 19.2 Å². The first-order chi connectivity index (χ1) is 16.9. The van der Waals surface area contributed by atoms with Crippen LogP contribution in [0.5, 0.6) is 0 Å². The average Bonchev–Trinajstić information content (AvgIpc) is 3.16. The van der Waals surface area contributed by atoms with Crippen molar-refractivity contribution in [2.45, 2.75) is 98.2 Å². The second-order valence-electron chi connectivity index (χ2n) is 12.2. The first-order valence-corrected chi connectivity index (χ1v) is 13.6. The van der Waals surface area contributed by atoms with E-state index in [-0.39, 0.29) is 70.9 Å². The van der Waals surface area contributed by atoms with Gasteiger partial charge >= 0.3 is 17.9 Å². The fraction of sp³-hybridized carbons (Fsp3) is 0.793. The minimum absolute atomic E-state index is 0.0148. The van der Waals surface area contributed by atoms with Gasteiger partial charge < -0.3 is 14.2 Å². The summed E-state index contributed by atoms with van der Waals surface area (Å²) >= 11 is 0. The zero-order valence-corrected chi connectivity index (χ0v) is 22.6. The lowest BCUT2D eigenvalue weighted by molar-refractivity contribution is -0.162. The van der Waals surface area contributed by atoms with E-state index < -0.39 is 5.41 Å². The number of methoxy groups -OCH3 is 1. The van der Waals surface area contributed by atoms with Gasteiger partial charge in [0.05, 0.1) is 7.11 Å². The first-order valence-electron chi connectivity index (χ1n) is 13.6. The van der Waals surface area contributed by atoms with Crippen LogP contribution in [-0.2, 0) is 33.4 Å². The van der Waals surface area contributed by atoms with E-state index in [1.54, 1.807) is 0 Å². The largest absolute Gasteiger partial charge is 0.469 e. The minimum atomic E-state index is -0.541. The van der Waals surface area contributed by atoms with Gasteiger partial charge in [-0.2, -0.15) is 0 Å². The van der Waals surface area contributed by atoms with E-state index in [4.69, 9.17) is 14.2 Å². The van der Waals surface area contributed by atoms with Crippen LogP contribution in [0.4, 0.5) is 0 Å². The average molecular weight is 503 g/mol. The highest BCUT2D eigenvalue weighted by Gasteiger charge is 2.64. The lowest BCUT2D eigenvalue weighted by Crippen LogP contribution is -2.57. The summed E-state index contributed by atoms with van der Waals surface area (Å²) < 4.78 is 16.4. The highest BCUT2D eigenvalue weighted by atomic mass is 16.5. The molecule has 0 aliphatic heterocycles. The van der Waals surface area contributed by atoms with Crippen molar-refractivity contribution in [2.75, 3.05) is 7.11 Å². The Labute approximate surface area is 214 Å². The van der Waals surface area contributed by atoms with Crippen LogP contribution in [0, 0.1) is 40.4 Å². The molecule has 0 aromatic rings. The van der Waals surface area contributed by atoms with Crippen LogP contribution >= 0.6 is 0 Å². The predicted octanol–water partition coefficient (Wildman–Crippen LogP) is 4.81. The Morgan fingerprint density at radius 2 is 1.75 bits per heavy atom. The van der Waals surface area contributed by atoms with E-state index >= 15 is 0 Å². The number of carbonyl (C=O) groups excluding carboxylic acids is 4. The van der Waals surface area contributed by atoms with Crippen LogP contribution < -0.4 is 0 Å². The van der Waals surface area contributed by atoms with Crippen molar-refractivity contribution in [1.29, 1.82) is 0 Å². The Morgan fingerprint density at radius 3 is 2.39 bits per heavy atom. The van der Waals surface area contributed by atoms with Crippen LogP contribution in [0.15, 0.2) is 11.6 Å². The van der Waals surface area contributed by atoms with Crippen LogP contribution in [0.3, 0.4) is 0 Å². The standard InChI is InChI=1S/C29H42O7/c1-16(7-10-26(33)34-6)21-8-9-22-27-23(15-25(32)29(21,22)5)28(4)12-11-20(35-17(2)30)13-19(28)14-24(27)36-18(3)31/h15-16,19-22,24,27H,7-14H2,1-6H3/t16-,19+,20+,21-,22+,24+,27+,28+,29-/m1/s1. The van der Waals surface area contributed by atoms with Gasteiger partial charge in [-0.25, -0.2) is 0 Å². The van der Waals surface area contributed by atoms with Gasteiger partial charge in [0.2, 0.25) is 0 Å². The molecule has 0 unspecified atom stereocenters. The van der Waals surface area contributed by atoms with Crippen molar-refractivity contribution in [3.8, 4) is 0 Å². The Balaban J connectivity index is 1.67. The zero-order valence-electron chi connectivity index (χ0n) is 22.6. The summed E-state index contributed by atoms with van der Waals surface area (Å²) in [6, 6.07) is 0. The molecule has 3 saturated carbocycles. The summed E-state index contributed by atoms with van der Waals surface area (Å²) in [6.07, 6.45) is 7.43. The second-order valence-corrected chi connectivity index (χ2v) is 12.2. The van der Waals surface area contributed by atoms with Gasteiger partial charge in [0.15, 0.2) is 5.78 Å². The molecule has 0 aromatic heterocycles. The molecule has 0 spiro atoms. The summed E-state index contributed by atoms with van der Waals surface area (Å²) in [5.41, 5.74) is 0.422. The molecule has 0 aromatic carbocycles. The van der Waals surface area contributed by atoms with Crippen LogP contribution in [0.1, 0.15) is 86.0 Å². The molecule has 0 N–H and O–H groups in total. The molecule has 4 aliphatic rings. The van der Waals surface area contributed by atoms with Crippen LogP contribution in [-0.4, -0.2) is 43.0 Å². The number of esters is 3. The second kappa shape index (κ2) is 9.94. The molecule has 3 fully saturated rings. The summed E-state index contributed by atoms with van der Waals surface area (Å²) in [6.45, 7) is 9.41. The smallest absolute Gasteiger partial charge is 0.305 e. The number of ether oxygens (including phenoxy) is 3. The molecule has 0 heterocycles. The Hall–Kier alpha value is -2.18. The van der Waals surface area contributed by atoms with Crippen molar-refractivity contribution in [1.82, 2.24) is 0 Å². The summed E-state index contributed by atoms with van der Waals surface area (Å²) in [7, 11) is 1.41. The molecule has 200 valence electrons. The van der Waals surface area contributed by atoms with E-state index in [0.29, 0.717) is 12.8 Å². The van der Waals surface area contributed by atoms with Gasteiger partial charge in [0.25, 0.3) is 0 Å². The number of hydrogen-bond donors (Lipinski definition) is 0. The highest BCUT2D eigenvalue weighted by molar-refractivity contribution is 5.97. The highest BCUT2D eigenvalue weighted by Crippen LogP contribution is 2.66. The first kappa shape index (κ1) is 26.9. The maximum Gasteiger partial charge on any atom is 0.305 e. The number of hydrogen-bond acceptors (Lipinski definition) is 7. The summed E-state index contributed by atoms with van der Waals surface area (Å²) in [4.78, 5) is 49.5. The third kappa shape index (κ3) is 4.51. The summed E-state index contributed by atoms with van der Waals surface area (Å²) in [5.74, 6) is 0.0587. The molecular formula is C29H42O7. The Morgan fingerprint density at radius 1 is 1.06 bits per heavy atom. The van der Waals surface area contributed by atoms with E-state index in [1.807, 2.05) is 6.08 Å². The number of carbonyl (C=O) groups is 4. The number of fused-ring (bicyclic) bond motifs is 5. The molecule has 0 amide bonds. The SMILES string of the molecule is COC(=O)CC[C@@H](C)[C@H]1CC[C@H]2[C@H]3C(=CC(=O)[C@]12C)[C@@]1(C)CC[C@H](OC(C)=O)C[C@H]1C[C@@H]3OC(C)=O. The van der Waals surface area contributed by atoms with Crippen LogP contribution in [0.25, 0.3) is 0 Å². The van der Waals surface area contributed by atoms with Crippen molar-refractivity contribution >= 4 is 23.7 Å². The van der Waals surface area contributed by atoms with Crippen molar-refractivity contribution in [2.24, 2.45) is 40.4 Å². The third-order valence-electron chi connectivity index (χ3n) is 10.3. The van der Waals surface area contributed by atoms with Gasteiger partial charge in [-0.15, -0.1) is 0 Å². The predicted molar refractivity (Wildman–Crippen MR) is 132 cm³/mol. The Bertz CT molecular complexity index is 953. The van der Waals surface area contributed by atoms with E-state index in [9.17, 15) is 19.2 Å². The molecule has 4 aliphatic carbocycles.